The Morgan fingerprint density at radius 3 is 2.80 bits per heavy atom. The number of thiazole rings is 1. The third-order valence-corrected chi connectivity index (χ3v) is 6.15. The van der Waals surface area contributed by atoms with Crippen molar-refractivity contribution in [3.63, 3.8) is 0 Å². The van der Waals surface area contributed by atoms with E-state index in [1.54, 1.807) is 0 Å². The highest BCUT2D eigenvalue weighted by Crippen LogP contribution is 2.42. The van der Waals surface area contributed by atoms with Gasteiger partial charge < -0.3 is 5.32 Å². The number of halogens is 1. The fourth-order valence-electron chi connectivity index (χ4n) is 3.49. The van der Waals surface area contributed by atoms with Gasteiger partial charge in [-0.2, -0.15) is 0 Å². The van der Waals surface area contributed by atoms with Crippen molar-refractivity contribution >= 4 is 23.7 Å². The number of hydrogen-bond acceptors (Lipinski definition) is 5. The first kappa shape index (κ1) is 18.8. The maximum Gasteiger partial charge on any atom is 0.0959 e. The van der Waals surface area contributed by atoms with E-state index < -0.39 is 0 Å². The van der Waals surface area contributed by atoms with E-state index in [2.05, 4.69) is 38.5 Å². The Bertz CT molecular complexity index is 636. The highest BCUT2D eigenvalue weighted by atomic mass is 35.5. The van der Waals surface area contributed by atoms with Gasteiger partial charge in [-0.1, -0.05) is 6.07 Å². The van der Waals surface area contributed by atoms with Crippen molar-refractivity contribution in [1.82, 2.24) is 20.2 Å². The van der Waals surface area contributed by atoms with E-state index in [9.17, 15) is 0 Å². The minimum atomic E-state index is 0. The van der Waals surface area contributed by atoms with Crippen molar-refractivity contribution in [1.29, 1.82) is 0 Å². The van der Waals surface area contributed by atoms with Crippen LogP contribution in [-0.2, 0) is 13.1 Å². The molecule has 25 heavy (non-hydrogen) atoms. The first-order chi connectivity index (χ1) is 11.9. The molecule has 1 aliphatic heterocycles. The van der Waals surface area contributed by atoms with Crippen molar-refractivity contribution in [2.45, 2.75) is 57.2 Å². The van der Waals surface area contributed by atoms with Crippen molar-refractivity contribution < 1.29 is 0 Å². The Morgan fingerprint density at radius 1 is 1.08 bits per heavy atom. The van der Waals surface area contributed by atoms with Crippen LogP contribution in [0.15, 0.2) is 30.6 Å². The Kier molecular flexibility index (Phi) is 6.82. The maximum atomic E-state index is 4.67. The van der Waals surface area contributed by atoms with E-state index in [0.29, 0.717) is 6.04 Å². The van der Waals surface area contributed by atoms with Crippen LogP contribution < -0.4 is 5.32 Å². The molecule has 2 aliphatic rings. The molecule has 0 radical (unpaired) electrons. The summed E-state index contributed by atoms with van der Waals surface area (Å²) in [7, 11) is 0. The molecule has 6 heteroatoms. The van der Waals surface area contributed by atoms with E-state index in [-0.39, 0.29) is 12.4 Å². The average molecular weight is 379 g/mol. The second kappa shape index (κ2) is 9.08. The highest BCUT2D eigenvalue weighted by Gasteiger charge is 2.27. The van der Waals surface area contributed by atoms with Crippen molar-refractivity contribution in [3.05, 3.63) is 46.2 Å². The topological polar surface area (TPSA) is 41.1 Å². The van der Waals surface area contributed by atoms with Gasteiger partial charge in [0.25, 0.3) is 0 Å². The number of pyridine rings is 1. The summed E-state index contributed by atoms with van der Waals surface area (Å²) in [5.41, 5.74) is 1.17. The Morgan fingerprint density at radius 2 is 2.00 bits per heavy atom. The summed E-state index contributed by atoms with van der Waals surface area (Å²) >= 11 is 1.92. The molecule has 1 atom stereocenters. The summed E-state index contributed by atoms with van der Waals surface area (Å²) in [6, 6.07) is 6.86. The molecule has 4 rings (SSSR count). The van der Waals surface area contributed by atoms with Crippen LogP contribution in [0.4, 0.5) is 0 Å². The average Bonchev–Trinajstić information content (AvgIpc) is 3.40. The van der Waals surface area contributed by atoms with E-state index in [4.69, 9.17) is 0 Å². The number of rotatable bonds is 6. The molecule has 1 saturated heterocycles. The van der Waals surface area contributed by atoms with Gasteiger partial charge in [0, 0.05) is 42.3 Å². The standard InChI is InChI=1S/C19H26N4S.ClH/c1-2-10-21-16(4-1)13-23(17-5-3-9-20-11-8-17)14-18-12-22-19(24-18)15-6-7-15;/h1-2,4,10,12,15,17,20H,3,5-9,11,13-14H2;1H. The first-order valence-corrected chi connectivity index (χ1v) is 9.99. The smallest absolute Gasteiger partial charge is 0.0959 e. The molecular formula is C19H27ClN4S. The summed E-state index contributed by atoms with van der Waals surface area (Å²) in [5.74, 6) is 0.759. The molecule has 3 heterocycles. The zero-order chi connectivity index (χ0) is 16.2. The third-order valence-electron chi connectivity index (χ3n) is 5.01. The van der Waals surface area contributed by atoms with Gasteiger partial charge in [0.1, 0.15) is 0 Å². The van der Waals surface area contributed by atoms with Gasteiger partial charge in [-0.15, -0.1) is 23.7 Å². The lowest BCUT2D eigenvalue weighted by Crippen LogP contribution is -2.35. The number of aromatic nitrogens is 2. The van der Waals surface area contributed by atoms with Crippen LogP contribution in [0.2, 0.25) is 0 Å². The number of nitrogens with one attached hydrogen (secondary N) is 1. The van der Waals surface area contributed by atoms with Gasteiger partial charge in [-0.3, -0.25) is 9.88 Å². The van der Waals surface area contributed by atoms with Gasteiger partial charge >= 0.3 is 0 Å². The Labute approximate surface area is 160 Å². The molecule has 1 aliphatic carbocycles. The number of nitrogens with zero attached hydrogens (tertiary/aromatic N) is 3. The monoisotopic (exact) mass is 378 g/mol. The van der Waals surface area contributed by atoms with Crippen LogP contribution in [-0.4, -0.2) is 34.0 Å². The van der Waals surface area contributed by atoms with Crippen LogP contribution >= 0.6 is 23.7 Å². The minimum Gasteiger partial charge on any atom is -0.317 e. The molecule has 1 N–H and O–H groups in total. The molecule has 136 valence electrons. The summed E-state index contributed by atoms with van der Waals surface area (Å²) in [5, 5.41) is 4.89. The van der Waals surface area contributed by atoms with Gasteiger partial charge in [-0.05, 0) is 57.3 Å². The lowest BCUT2D eigenvalue weighted by Gasteiger charge is -2.30. The number of hydrogen-bond donors (Lipinski definition) is 1. The maximum absolute atomic E-state index is 4.67. The van der Waals surface area contributed by atoms with Gasteiger partial charge in [0.05, 0.1) is 10.7 Å². The van der Waals surface area contributed by atoms with Crippen LogP contribution in [0, 0.1) is 0 Å². The SMILES string of the molecule is Cl.c1ccc(CN(Cc2cnc(C3CC3)s2)C2CCCNCC2)nc1. The van der Waals surface area contributed by atoms with Crippen LogP contribution in [0.5, 0.6) is 0 Å². The first-order valence-electron chi connectivity index (χ1n) is 9.18. The molecule has 0 amide bonds. The van der Waals surface area contributed by atoms with Crippen LogP contribution in [0.1, 0.15) is 53.6 Å². The van der Waals surface area contributed by atoms with E-state index in [1.165, 1.54) is 47.7 Å². The molecule has 2 aromatic rings. The van der Waals surface area contributed by atoms with Crippen molar-refractivity contribution in [2.75, 3.05) is 13.1 Å². The van der Waals surface area contributed by atoms with Crippen LogP contribution in [0.3, 0.4) is 0 Å². The van der Waals surface area contributed by atoms with E-state index in [0.717, 1.165) is 32.1 Å². The minimum absolute atomic E-state index is 0. The van der Waals surface area contributed by atoms with Crippen molar-refractivity contribution in [3.8, 4) is 0 Å². The third kappa shape index (κ3) is 5.23. The second-order valence-corrected chi connectivity index (χ2v) is 8.15. The zero-order valence-corrected chi connectivity index (χ0v) is 16.2. The summed E-state index contributed by atoms with van der Waals surface area (Å²) < 4.78 is 0. The quantitative estimate of drug-likeness (QED) is 0.825. The molecule has 2 fully saturated rings. The fraction of sp³-hybridized carbons (Fsp3) is 0.579. The summed E-state index contributed by atoms with van der Waals surface area (Å²) in [6.45, 7) is 4.22. The molecule has 4 nitrogen and oxygen atoms in total. The largest absolute Gasteiger partial charge is 0.317 e. The van der Waals surface area contributed by atoms with Crippen LogP contribution in [0.25, 0.3) is 0 Å². The Hall–Kier alpha value is -1.01. The zero-order valence-electron chi connectivity index (χ0n) is 14.6. The predicted octanol–water partition coefficient (Wildman–Crippen LogP) is 3.98. The molecule has 2 aromatic heterocycles. The molecule has 1 unspecified atom stereocenters. The lowest BCUT2D eigenvalue weighted by atomic mass is 10.1. The van der Waals surface area contributed by atoms with Gasteiger partial charge in [0.15, 0.2) is 0 Å². The van der Waals surface area contributed by atoms with Crippen molar-refractivity contribution in [2.24, 2.45) is 0 Å². The van der Waals surface area contributed by atoms with Gasteiger partial charge in [0.2, 0.25) is 0 Å². The summed E-state index contributed by atoms with van der Waals surface area (Å²) in [4.78, 5) is 13.3. The highest BCUT2D eigenvalue weighted by molar-refractivity contribution is 7.11. The molecule has 0 bridgehead atoms. The molecule has 0 aromatic carbocycles. The predicted molar refractivity (Wildman–Crippen MR) is 105 cm³/mol. The molecular weight excluding hydrogens is 352 g/mol. The van der Waals surface area contributed by atoms with E-state index in [1.807, 2.05) is 23.6 Å². The second-order valence-electron chi connectivity index (χ2n) is 7.00. The summed E-state index contributed by atoms with van der Waals surface area (Å²) in [6.07, 6.45) is 10.4. The lowest BCUT2D eigenvalue weighted by molar-refractivity contribution is 0.163. The molecule has 1 saturated carbocycles. The normalized spacial score (nSPS) is 20.9. The Balaban J connectivity index is 0.00000182. The molecule has 0 spiro atoms. The van der Waals surface area contributed by atoms with Gasteiger partial charge in [-0.25, -0.2) is 4.98 Å². The van der Waals surface area contributed by atoms with E-state index >= 15 is 0 Å². The fourth-order valence-corrected chi connectivity index (χ4v) is 4.61.